The molecule has 4 aromatic rings. The van der Waals surface area contributed by atoms with Crippen LogP contribution in [0.25, 0.3) is 22.3 Å². The first kappa shape index (κ1) is 13.9. The second-order valence-electron chi connectivity index (χ2n) is 5.30. The van der Waals surface area contributed by atoms with Crippen LogP contribution < -0.4 is 0 Å². The van der Waals surface area contributed by atoms with E-state index >= 15 is 0 Å². The number of halogens is 1. The monoisotopic (exact) mass is 320 g/mol. The lowest BCUT2D eigenvalue weighted by atomic mass is 10.1. The molecule has 1 aromatic carbocycles. The minimum absolute atomic E-state index is 0.702. The molecule has 0 saturated carbocycles. The number of hydrogen-bond acceptors (Lipinski definition) is 3. The van der Waals surface area contributed by atoms with E-state index in [9.17, 15) is 0 Å². The third kappa shape index (κ3) is 2.81. The van der Waals surface area contributed by atoms with Gasteiger partial charge in [0.15, 0.2) is 0 Å². The molecule has 0 N–H and O–H groups in total. The van der Waals surface area contributed by atoms with Crippen molar-refractivity contribution in [2.45, 2.75) is 6.54 Å². The molecule has 0 bridgehead atoms. The fourth-order valence-corrected chi connectivity index (χ4v) is 2.77. The first-order valence-corrected chi connectivity index (χ1v) is 7.63. The zero-order valence-corrected chi connectivity index (χ0v) is 13.0. The summed E-state index contributed by atoms with van der Waals surface area (Å²) in [5.41, 5.74) is 4.92. The first-order valence-electron chi connectivity index (χ1n) is 7.25. The van der Waals surface area contributed by atoms with E-state index in [-0.39, 0.29) is 0 Å². The maximum absolute atomic E-state index is 6.08. The number of hydrogen-bond donors (Lipinski definition) is 0. The molecule has 112 valence electrons. The third-order valence-electron chi connectivity index (χ3n) is 3.70. The SMILES string of the molecule is Clc1cccc(-c2cc3c(cn2)ncn3Cc2cccnc2)c1. The van der Waals surface area contributed by atoms with Crippen LogP contribution in [0, 0.1) is 0 Å². The minimum Gasteiger partial charge on any atom is -0.326 e. The fourth-order valence-electron chi connectivity index (χ4n) is 2.58. The molecular formula is C18H13ClN4. The molecule has 0 saturated heterocycles. The van der Waals surface area contributed by atoms with E-state index in [1.54, 1.807) is 12.4 Å². The van der Waals surface area contributed by atoms with E-state index in [0.717, 1.165) is 34.4 Å². The highest BCUT2D eigenvalue weighted by Crippen LogP contribution is 2.24. The molecule has 4 nitrogen and oxygen atoms in total. The van der Waals surface area contributed by atoms with Crippen molar-refractivity contribution in [2.24, 2.45) is 0 Å². The molecule has 0 radical (unpaired) electrons. The van der Waals surface area contributed by atoms with Gasteiger partial charge in [-0.1, -0.05) is 29.8 Å². The first-order chi connectivity index (χ1) is 11.3. The molecule has 0 unspecified atom stereocenters. The summed E-state index contributed by atoms with van der Waals surface area (Å²) in [5.74, 6) is 0. The predicted molar refractivity (Wildman–Crippen MR) is 91.3 cm³/mol. The summed E-state index contributed by atoms with van der Waals surface area (Å²) in [5, 5.41) is 0.702. The van der Waals surface area contributed by atoms with Gasteiger partial charge in [-0.2, -0.15) is 0 Å². The van der Waals surface area contributed by atoms with Crippen LogP contribution in [0.4, 0.5) is 0 Å². The molecule has 3 aromatic heterocycles. The molecule has 0 aliphatic heterocycles. The van der Waals surface area contributed by atoms with Crippen LogP contribution in [0.2, 0.25) is 5.02 Å². The normalized spacial score (nSPS) is 11.0. The van der Waals surface area contributed by atoms with Crippen LogP contribution in [-0.4, -0.2) is 19.5 Å². The quantitative estimate of drug-likeness (QED) is 0.568. The number of fused-ring (bicyclic) bond motifs is 1. The molecular weight excluding hydrogens is 308 g/mol. The fraction of sp³-hybridized carbons (Fsp3) is 0.0556. The number of pyridine rings is 2. The van der Waals surface area contributed by atoms with Gasteiger partial charge >= 0.3 is 0 Å². The van der Waals surface area contributed by atoms with E-state index < -0.39 is 0 Å². The van der Waals surface area contributed by atoms with Gasteiger partial charge in [0.25, 0.3) is 0 Å². The second-order valence-corrected chi connectivity index (χ2v) is 5.74. The van der Waals surface area contributed by atoms with Crippen LogP contribution in [-0.2, 0) is 6.54 Å². The molecule has 5 heteroatoms. The van der Waals surface area contributed by atoms with E-state index in [1.165, 1.54) is 0 Å². The van der Waals surface area contributed by atoms with Crippen molar-refractivity contribution >= 4 is 22.6 Å². The topological polar surface area (TPSA) is 43.6 Å². The van der Waals surface area contributed by atoms with Crippen molar-refractivity contribution < 1.29 is 0 Å². The summed E-state index contributed by atoms with van der Waals surface area (Å²) in [6.07, 6.45) is 7.27. The minimum atomic E-state index is 0.702. The van der Waals surface area contributed by atoms with Crippen molar-refractivity contribution in [2.75, 3.05) is 0 Å². The van der Waals surface area contributed by atoms with Gasteiger partial charge in [0.2, 0.25) is 0 Å². The van der Waals surface area contributed by atoms with Crippen molar-refractivity contribution in [1.82, 2.24) is 19.5 Å². The Kier molecular flexibility index (Phi) is 3.52. The van der Waals surface area contributed by atoms with Crippen LogP contribution in [0.1, 0.15) is 5.56 Å². The third-order valence-corrected chi connectivity index (χ3v) is 3.94. The van der Waals surface area contributed by atoms with Crippen molar-refractivity contribution in [3.63, 3.8) is 0 Å². The maximum atomic E-state index is 6.08. The second kappa shape index (κ2) is 5.82. The zero-order valence-electron chi connectivity index (χ0n) is 12.2. The summed E-state index contributed by atoms with van der Waals surface area (Å²) in [6, 6.07) is 13.7. The Morgan fingerprint density at radius 3 is 2.78 bits per heavy atom. The molecule has 23 heavy (non-hydrogen) atoms. The number of aromatic nitrogens is 4. The van der Waals surface area contributed by atoms with Crippen molar-refractivity contribution in [3.8, 4) is 11.3 Å². The maximum Gasteiger partial charge on any atom is 0.107 e. The van der Waals surface area contributed by atoms with Gasteiger partial charge in [0.1, 0.15) is 5.52 Å². The molecule has 0 amide bonds. The van der Waals surface area contributed by atoms with Gasteiger partial charge in [0, 0.05) is 23.0 Å². The van der Waals surface area contributed by atoms with Crippen LogP contribution in [0.3, 0.4) is 0 Å². The summed E-state index contributed by atoms with van der Waals surface area (Å²) >= 11 is 6.08. The molecule has 3 heterocycles. The van der Waals surface area contributed by atoms with Gasteiger partial charge < -0.3 is 4.57 Å². The summed E-state index contributed by atoms with van der Waals surface area (Å²) in [7, 11) is 0. The van der Waals surface area contributed by atoms with Crippen molar-refractivity contribution in [3.05, 3.63) is 78.0 Å². The highest BCUT2D eigenvalue weighted by atomic mass is 35.5. The van der Waals surface area contributed by atoms with E-state index in [2.05, 4.69) is 25.6 Å². The lowest BCUT2D eigenvalue weighted by Gasteiger charge is -2.06. The average molecular weight is 321 g/mol. The Hall–Kier alpha value is -2.72. The Morgan fingerprint density at radius 2 is 1.96 bits per heavy atom. The van der Waals surface area contributed by atoms with E-state index in [4.69, 9.17) is 11.6 Å². The summed E-state index contributed by atoms with van der Waals surface area (Å²) in [6.45, 7) is 0.726. The Morgan fingerprint density at radius 1 is 1.00 bits per heavy atom. The Bertz CT molecular complexity index is 963. The molecule has 0 aliphatic carbocycles. The van der Waals surface area contributed by atoms with E-state index in [1.807, 2.05) is 48.9 Å². The lowest BCUT2D eigenvalue weighted by molar-refractivity contribution is 0.819. The highest BCUT2D eigenvalue weighted by molar-refractivity contribution is 6.30. The molecule has 0 atom stereocenters. The average Bonchev–Trinajstić information content (AvgIpc) is 2.98. The van der Waals surface area contributed by atoms with Gasteiger partial charge in [0.05, 0.1) is 30.3 Å². The standard InChI is InChI=1S/C18H13ClN4/c19-15-5-1-4-14(7-15)16-8-18-17(10-21-16)22-12-23(18)11-13-3-2-6-20-9-13/h1-10,12H,11H2. The summed E-state index contributed by atoms with van der Waals surface area (Å²) in [4.78, 5) is 13.1. The highest BCUT2D eigenvalue weighted by Gasteiger charge is 2.07. The van der Waals surface area contributed by atoms with Crippen molar-refractivity contribution in [1.29, 1.82) is 0 Å². The largest absolute Gasteiger partial charge is 0.326 e. The van der Waals surface area contributed by atoms with Gasteiger partial charge in [-0.05, 0) is 29.8 Å². The number of benzene rings is 1. The van der Waals surface area contributed by atoms with Crippen LogP contribution >= 0.6 is 11.6 Å². The van der Waals surface area contributed by atoms with Gasteiger partial charge in [-0.25, -0.2) is 4.98 Å². The lowest BCUT2D eigenvalue weighted by Crippen LogP contribution is -1.98. The number of rotatable bonds is 3. The van der Waals surface area contributed by atoms with Crippen LogP contribution in [0.5, 0.6) is 0 Å². The zero-order chi connectivity index (χ0) is 15.6. The number of nitrogens with zero attached hydrogens (tertiary/aromatic N) is 4. The van der Waals surface area contributed by atoms with Gasteiger partial charge in [-0.15, -0.1) is 0 Å². The Balaban J connectivity index is 1.77. The smallest absolute Gasteiger partial charge is 0.107 e. The molecule has 4 rings (SSSR count). The van der Waals surface area contributed by atoms with Crippen LogP contribution in [0.15, 0.2) is 67.4 Å². The van der Waals surface area contributed by atoms with Gasteiger partial charge in [-0.3, -0.25) is 9.97 Å². The van der Waals surface area contributed by atoms with E-state index in [0.29, 0.717) is 5.02 Å². The Labute approximate surface area is 138 Å². The summed E-state index contributed by atoms with van der Waals surface area (Å²) < 4.78 is 2.10. The number of imidazole rings is 1. The predicted octanol–water partition coefficient (Wildman–Crippen LogP) is 4.20. The molecule has 0 aliphatic rings. The molecule has 0 spiro atoms. The molecule has 0 fully saturated rings.